The number of aryl methyl sites for hydroxylation is 1. The van der Waals surface area contributed by atoms with Crippen molar-refractivity contribution in [2.24, 2.45) is 0 Å². The summed E-state index contributed by atoms with van der Waals surface area (Å²) >= 11 is 0. The van der Waals surface area contributed by atoms with Gasteiger partial charge in [-0.1, -0.05) is 0 Å². The predicted octanol–water partition coefficient (Wildman–Crippen LogP) is 1.93. The number of carboxylic acid groups (broad SMARTS) is 1. The highest BCUT2D eigenvalue weighted by atomic mass is 16.4. The zero-order valence-electron chi connectivity index (χ0n) is 11.7. The fraction of sp³-hybridized carbons (Fsp3) is 0.538. The lowest BCUT2D eigenvalue weighted by Crippen LogP contribution is -2.46. The van der Waals surface area contributed by atoms with E-state index in [2.05, 4.69) is 0 Å². The molecule has 0 fully saturated rings. The van der Waals surface area contributed by atoms with Crippen molar-refractivity contribution in [1.29, 1.82) is 0 Å². The van der Waals surface area contributed by atoms with Gasteiger partial charge in [-0.3, -0.25) is 4.79 Å². The number of amides is 2. The molecular weight excluding hydrogens is 248 g/mol. The maximum Gasteiger partial charge on any atom is 0.323 e. The van der Waals surface area contributed by atoms with Crippen molar-refractivity contribution in [3.05, 3.63) is 23.7 Å². The van der Waals surface area contributed by atoms with Gasteiger partial charge in [-0.2, -0.15) is 0 Å². The van der Waals surface area contributed by atoms with Gasteiger partial charge in [0.15, 0.2) is 0 Å². The number of hydrogen-bond acceptors (Lipinski definition) is 3. The molecule has 0 atom stereocenters. The number of carboxylic acids is 1. The number of rotatable bonds is 5. The fourth-order valence-corrected chi connectivity index (χ4v) is 1.73. The lowest BCUT2D eigenvalue weighted by atomic mass is 10.2. The van der Waals surface area contributed by atoms with E-state index >= 15 is 0 Å². The summed E-state index contributed by atoms with van der Waals surface area (Å²) < 4.78 is 5.17. The first kappa shape index (κ1) is 15.1. The monoisotopic (exact) mass is 268 g/mol. The number of nitrogens with zero attached hydrogens (tertiary/aromatic N) is 2. The molecule has 0 aliphatic heterocycles. The Kier molecular flexibility index (Phi) is 4.97. The van der Waals surface area contributed by atoms with Crippen molar-refractivity contribution < 1.29 is 19.1 Å². The van der Waals surface area contributed by atoms with Gasteiger partial charge in [-0.25, -0.2) is 4.79 Å². The molecule has 2 amide bonds. The largest absolute Gasteiger partial charge is 0.480 e. The van der Waals surface area contributed by atoms with Crippen LogP contribution in [-0.4, -0.2) is 46.5 Å². The highest BCUT2D eigenvalue weighted by Gasteiger charge is 2.23. The molecule has 1 heterocycles. The summed E-state index contributed by atoms with van der Waals surface area (Å²) in [6.07, 6.45) is 1.57. The number of hydrogen-bond donors (Lipinski definition) is 1. The van der Waals surface area contributed by atoms with Crippen molar-refractivity contribution in [2.75, 3.05) is 13.6 Å². The van der Waals surface area contributed by atoms with Gasteiger partial charge >= 0.3 is 12.0 Å². The van der Waals surface area contributed by atoms with E-state index in [1.54, 1.807) is 33.2 Å². The third-order valence-electron chi connectivity index (χ3n) is 2.87. The second-order valence-corrected chi connectivity index (χ2v) is 4.76. The molecule has 1 rings (SSSR count). The van der Waals surface area contributed by atoms with Crippen LogP contribution in [0.1, 0.15) is 25.2 Å². The molecule has 0 saturated carbocycles. The average Bonchev–Trinajstić information content (AvgIpc) is 2.70. The Balaban J connectivity index is 2.73. The standard InChI is InChI=1S/C13H20N2O4/c1-9(2)15(8-12(16)17)13(18)14(4)7-11-5-6-19-10(11)3/h5-6,9H,7-8H2,1-4H3,(H,16,17). The Morgan fingerprint density at radius 3 is 2.47 bits per heavy atom. The number of carbonyl (C=O) groups excluding carboxylic acids is 1. The first-order valence-corrected chi connectivity index (χ1v) is 6.09. The Morgan fingerprint density at radius 1 is 1.42 bits per heavy atom. The van der Waals surface area contributed by atoms with E-state index in [1.807, 2.05) is 6.92 Å². The maximum absolute atomic E-state index is 12.2. The lowest BCUT2D eigenvalue weighted by molar-refractivity contribution is -0.138. The molecule has 0 spiro atoms. The molecule has 6 nitrogen and oxygen atoms in total. The van der Waals surface area contributed by atoms with Crippen molar-refractivity contribution in [3.8, 4) is 0 Å². The van der Waals surface area contributed by atoms with Gasteiger partial charge < -0.3 is 19.3 Å². The van der Waals surface area contributed by atoms with E-state index in [0.717, 1.165) is 11.3 Å². The minimum absolute atomic E-state index is 0.170. The van der Waals surface area contributed by atoms with Crippen LogP contribution in [0.4, 0.5) is 4.79 Å². The SMILES string of the molecule is Cc1occc1CN(C)C(=O)N(CC(=O)O)C(C)C. The smallest absolute Gasteiger partial charge is 0.323 e. The van der Waals surface area contributed by atoms with E-state index in [0.29, 0.717) is 6.54 Å². The highest BCUT2D eigenvalue weighted by Crippen LogP contribution is 2.13. The molecule has 0 unspecified atom stereocenters. The van der Waals surface area contributed by atoms with Crippen LogP contribution in [-0.2, 0) is 11.3 Å². The van der Waals surface area contributed by atoms with Gasteiger partial charge in [0.1, 0.15) is 12.3 Å². The summed E-state index contributed by atoms with van der Waals surface area (Å²) in [5.74, 6) is -0.260. The molecule has 0 aliphatic rings. The van der Waals surface area contributed by atoms with Gasteiger partial charge in [-0.05, 0) is 26.8 Å². The Bertz CT molecular complexity index is 453. The van der Waals surface area contributed by atoms with Crippen LogP contribution < -0.4 is 0 Å². The minimum Gasteiger partial charge on any atom is -0.480 e. The zero-order chi connectivity index (χ0) is 14.6. The van der Waals surface area contributed by atoms with Crippen molar-refractivity contribution in [1.82, 2.24) is 9.80 Å². The molecule has 1 aromatic heterocycles. The van der Waals surface area contributed by atoms with E-state index in [-0.39, 0.29) is 18.6 Å². The summed E-state index contributed by atoms with van der Waals surface area (Å²) in [5.41, 5.74) is 0.912. The molecule has 0 bridgehead atoms. The normalized spacial score (nSPS) is 10.6. The molecule has 6 heteroatoms. The number of urea groups is 1. The third-order valence-corrected chi connectivity index (χ3v) is 2.87. The van der Waals surface area contributed by atoms with Crippen LogP contribution in [0.25, 0.3) is 0 Å². The maximum atomic E-state index is 12.2. The molecule has 106 valence electrons. The van der Waals surface area contributed by atoms with E-state index in [9.17, 15) is 9.59 Å². The second-order valence-electron chi connectivity index (χ2n) is 4.76. The predicted molar refractivity (Wildman–Crippen MR) is 69.8 cm³/mol. The molecule has 1 N–H and O–H groups in total. The Morgan fingerprint density at radius 2 is 2.05 bits per heavy atom. The van der Waals surface area contributed by atoms with E-state index in [1.165, 1.54) is 9.80 Å². The van der Waals surface area contributed by atoms with Gasteiger partial charge in [0.05, 0.1) is 12.8 Å². The van der Waals surface area contributed by atoms with E-state index < -0.39 is 5.97 Å². The average molecular weight is 268 g/mol. The minimum atomic E-state index is -1.02. The zero-order valence-corrected chi connectivity index (χ0v) is 11.7. The van der Waals surface area contributed by atoms with Crippen LogP contribution in [0.5, 0.6) is 0 Å². The number of carbonyl (C=O) groups is 2. The third kappa shape index (κ3) is 4.01. The second kappa shape index (κ2) is 6.26. The van der Waals surface area contributed by atoms with Gasteiger partial charge in [0.2, 0.25) is 0 Å². The van der Waals surface area contributed by atoms with Crippen LogP contribution in [0, 0.1) is 6.92 Å². The van der Waals surface area contributed by atoms with Crippen LogP contribution in [0.3, 0.4) is 0 Å². The summed E-state index contributed by atoms with van der Waals surface area (Å²) in [6, 6.07) is 1.32. The first-order chi connectivity index (χ1) is 8.82. The van der Waals surface area contributed by atoms with Gasteiger partial charge in [0, 0.05) is 18.7 Å². The molecule has 0 aliphatic carbocycles. The summed E-state index contributed by atoms with van der Waals surface area (Å²) in [5, 5.41) is 8.84. The van der Waals surface area contributed by atoms with Gasteiger partial charge in [-0.15, -0.1) is 0 Å². The fourth-order valence-electron chi connectivity index (χ4n) is 1.73. The van der Waals surface area contributed by atoms with Crippen molar-refractivity contribution in [3.63, 3.8) is 0 Å². The highest BCUT2D eigenvalue weighted by molar-refractivity contribution is 5.80. The quantitative estimate of drug-likeness (QED) is 0.885. The van der Waals surface area contributed by atoms with Crippen molar-refractivity contribution >= 4 is 12.0 Å². The Labute approximate surface area is 112 Å². The van der Waals surface area contributed by atoms with Gasteiger partial charge in [0.25, 0.3) is 0 Å². The molecule has 0 radical (unpaired) electrons. The van der Waals surface area contributed by atoms with E-state index in [4.69, 9.17) is 9.52 Å². The van der Waals surface area contributed by atoms with Crippen LogP contribution >= 0.6 is 0 Å². The van der Waals surface area contributed by atoms with Crippen LogP contribution in [0.15, 0.2) is 16.7 Å². The molecule has 19 heavy (non-hydrogen) atoms. The number of aliphatic carboxylic acids is 1. The van der Waals surface area contributed by atoms with Crippen molar-refractivity contribution in [2.45, 2.75) is 33.4 Å². The molecule has 1 aromatic rings. The topological polar surface area (TPSA) is 74.0 Å². The molecule has 0 saturated heterocycles. The Hall–Kier alpha value is -1.98. The summed E-state index contributed by atoms with van der Waals surface area (Å²) in [7, 11) is 1.64. The number of furan rings is 1. The van der Waals surface area contributed by atoms with Crippen LogP contribution in [0.2, 0.25) is 0 Å². The summed E-state index contributed by atoms with van der Waals surface area (Å²) in [4.78, 5) is 25.8. The summed E-state index contributed by atoms with van der Waals surface area (Å²) in [6.45, 7) is 5.50. The molecular formula is C13H20N2O4. The molecule has 0 aromatic carbocycles. The lowest BCUT2D eigenvalue weighted by Gasteiger charge is -2.29. The first-order valence-electron chi connectivity index (χ1n) is 6.09.